The van der Waals surface area contributed by atoms with Crippen molar-refractivity contribution >= 4 is 23.0 Å². The average molecular weight is 346 g/mol. The third kappa shape index (κ3) is 4.63. The summed E-state index contributed by atoms with van der Waals surface area (Å²) in [6.45, 7) is 2.75. The van der Waals surface area contributed by atoms with Crippen molar-refractivity contribution in [3.05, 3.63) is 84.4 Å². The largest absolute Gasteiger partial charge is 0.494 e. The van der Waals surface area contributed by atoms with E-state index in [1.54, 1.807) is 6.07 Å². The van der Waals surface area contributed by atoms with Crippen molar-refractivity contribution in [2.24, 2.45) is 0 Å². The lowest BCUT2D eigenvalue weighted by atomic mass is 10.1. The van der Waals surface area contributed by atoms with Gasteiger partial charge in [-0.15, -0.1) is 0 Å². The fourth-order valence-corrected chi connectivity index (χ4v) is 2.52. The van der Waals surface area contributed by atoms with Crippen LogP contribution in [0.5, 0.6) is 5.75 Å². The molecule has 0 fully saturated rings. The van der Waals surface area contributed by atoms with Gasteiger partial charge in [-0.25, -0.2) is 0 Å². The Balaban J connectivity index is 1.72. The molecule has 0 bridgehead atoms. The molecule has 0 saturated heterocycles. The second-order valence-corrected chi connectivity index (χ2v) is 5.86. The molecule has 3 rings (SSSR count). The number of nitrogens with one attached hydrogen (secondary N) is 2. The molecule has 132 valence electrons. The molecule has 0 aliphatic heterocycles. The maximum atomic E-state index is 12.7. The van der Waals surface area contributed by atoms with Crippen molar-refractivity contribution in [1.29, 1.82) is 0 Å². The van der Waals surface area contributed by atoms with Crippen molar-refractivity contribution in [2.45, 2.75) is 13.3 Å². The zero-order valence-corrected chi connectivity index (χ0v) is 14.7. The zero-order chi connectivity index (χ0) is 18.2. The van der Waals surface area contributed by atoms with Crippen molar-refractivity contribution in [3.8, 4) is 5.75 Å². The topological polar surface area (TPSA) is 50.4 Å². The number of para-hydroxylation sites is 2. The normalized spacial score (nSPS) is 10.2. The minimum atomic E-state index is -0.161. The van der Waals surface area contributed by atoms with E-state index in [9.17, 15) is 4.79 Å². The summed E-state index contributed by atoms with van der Waals surface area (Å²) in [6, 6.07) is 24.6. The molecule has 3 aromatic rings. The summed E-state index contributed by atoms with van der Waals surface area (Å²) in [5.41, 5.74) is 3.01. The van der Waals surface area contributed by atoms with E-state index in [0.717, 1.165) is 29.2 Å². The molecule has 0 saturated carbocycles. The van der Waals surface area contributed by atoms with Crippen LogP contribution < -0.4 is 15.4 Å². The van der Waals surface area contributed by atoms with Crippen LogP contribution >= 0.6 is 0 Å². The van der Waals surface area contributed by atoms with Crippen LogP contribution in [0, 0.1) is 0 Å². The number of anilines is 3. The highest BCUT2D eigenvalue weighted by Gasteiger charge is 2.11. The first-order valence-electron chi connectivity index (χ1n) is 8.71. The average Bonchev–Trinajstić information content (AvgIpc) is 2.68. The van der Waals surface area contributed by atoms with Gasteiger partial charge >= 0.3 is 0 Å². The summed E-state index contributed by atoms with van der Waals surface area (Å²) >= 11 is 0. The Bertz CT molecular complexity index is 846. The van der Waals surface area contributed by atoms with Gasteiger partial charge in [0.05, 0.1) is 17.9 Å². The van der Waals surface area contributed by atoms with E-state index >= 15 is 0 Å². The summed E-state index contributed by atoms with van der Waals surface area (Å²) < 4.78 is 5.56. The van der Waals surface area contributed by atoms with Gasteiger partial charge in [0.25, 0.3) is 5.91 Å². The third-order valence-electron chi connectivity index (χ3n) is 3.81. The third-order valence-corrected chi connectivity index (χ3v) is 3.81. The van der Waals surface area contributed by atoms with Crippen molar-refractivity contribution < 1.29 is 9.53 Å². The van der Waals surface area contributed by atoms with Crippen molar-refractivity contribution in [2.75, 3.05) is 17.2 Å². The van der Waals surface area contributed by atoms with E-state index < -0.39 is 0 Å². The van der Waals surface area contributed by atoms with Gasteiger partial charge < -0.3 is 15.4 Å². The number of hydrogen-bond acceptors (Lipinski definition) is 3. The monoisotopic (exact) mass is 346 g/mol. The number of benzene rings is 3. The molecule has 0 aromatic heterocycles. The van der Waals surface area contributed by atoms with Crippen LogP contribution in [0.4, 0.5) is 17.1 Å². The Labute approximate surface area is 153 Å². The Morgan fingerprint density at radius 2 is 1.54 bits per heavy atom. The molecule has 0 radical (unpaired) electrons. The molecule has 4 heteroatoms. The second kappa shape index (κ2) is 8.72. The fourth-order valence-electron chi connectivity index (χ4n) is 2.52. The van der Waals surface area contributed by atoms with Crippen molar-refractivity contribution in [1.82, 2.24) is 0 Å². The molecule has 0 aliphatic carbocycles. The first-order chi connectivity index (χ1) is 12.8. The second-order valence-electron chi connectivity index (χ2n) is 5.86. The molecule has 3 aromatic carbocycles. The summed E-state index contributed by atoms with van der Waals surface area (Å²) in [5, 5.41) is 6.22. The Hall–Kier alpha value is -3.27. The maximum Gasteiger partial charge on any atom is 0.257 e. The lowest BCUT2D eigenvalue weighted by molar-refractivity contribution is 0.102. The molecule has 2 N–H and O–H groups in total. The maximum absolute atomic E-state index is 12.7. The fraction of sp³-hybridized carbons (Fsp3) is 0.136. The smallest absolute Gasteiger partial charge is 0.257 e. The van der Waals surface area contributed by atoms with Crippen LogP contribution in [-0.2, 0) is 0 Å². The van der Waals surface area contributed by atoms with Crippen LogP contribution in [0.2, 0.25) is 0 Å². The van der Waals surface area contributed by atoms with Gasteiger partial charge in [0.1, 0.15) is 5.75 Å². The van der Waals surface area contributed by atoms with E-state index in [1.807, 2.05) is 72.8 Å². The van der Waals surface area contributed by atoms with Gasteiger partial charge in [0.15, 0.2) is 0 Å². The summed E-state index contributed by atoms with van der Waals surface area (Å²) in [5.74, 6) is 0.641. The highest BCUT2D eigenvalue weighted by atomic mass is 16.5. The van der Waals surface area contributed by atoms with Crippen LogP contribution in [-0.4, -0.2) is 12.5 Å². The van der Waals surface area contributed by atoms with Gasteiger partial charge in [-0.1, -0.05) is 37.3 Å². The Morgan fingerprint density at radius 1 is 0.846 bits per heavy atom. The quantitative estimate of drug-likeness (QED) is 0.596. The molecule has 4 nitrogen and oxygen atoms in total. The van der Waals surface area contributed by atoms with Gasteiger partial charge in [0.2, 0.25) is 0 Å². The molecular weight excluding hydrogens is 324 g/mol. The number of carbonyl (C=O) groups is 1. The van der Waals surface area contributed by atoms with Gasteiger partial charge in [-0.3, -0.25) is 4.79 Å². The number of carbonyl (C=O) groups excluding carboxylic acids is 1. The molecule has 1 amide bonds. The molecular formula is C22H22N2O2. The Kier molecular flexibility index (Phi) is 5.88. The zero-order valence-electron chi connectivity index (χ0n) is 14.7. The summed E-state index contributed by atoms with van der Waals surface area (Å²) in [7, 11) is 0. The molecule has 0 unspecified atom stereocenters. The van der Waals surface area contributed by atoms with Crippen molar-refractivity contribution in [3.63, 3.8) is 0 Å². The molecule has 26 heavy (non-hydrogen) atoms. The van der Waals surface area contributed by atoms with Gasteiger partial charge in [-0.2, -0.15) is 0 Å². The number of amides is 1. The van der Waals surface area contributed by atoms with Gasteiger partial charge in [0, 0.05) is 11.4 Å². The van der Waals surface area contributed by atoms with E-state index in [1.165, 1.54) is 0 Å². The SMILES string of the molecule is CCCOc1ccc(NC(=O)c2ccccc2Nc2ccccc2)cc1. The molecule has 0 aliphatic rings. The number of hydrogen-bond donors (Lipinski definition) is 2. The summed E-state index contributed by atoms with van der Waals surface area (Å²) in [4.78, 5) is 12.7. The van der Waals surface area contributed by atoms with Crippen LogP contribution in [0.1, 0.15) is 23.7 Å². The first-order valence-corrected chi connectivity index (χ1v) is 8.71. The lowest BCUT2D eigenvalue weighted by Gasteiger charge is -2.12. The van der Waals surface area contributed by atoms with Crippen LogP contribution in [0.25, 0.3) is 0 Å². The van der Waals surface area contributed by atoms with E-state index in [-0.39, 0.29) is 5.91 Å². The summed E-state index contributed by atoms with van der Waals surface area (Å²) in [6.07, 6.45) is 0.962. The minimum Gasteiger partial charge on any atom is -0.494 e. The molecule has 0 spiro atoms. The predicted octanol–water partition coefficient (Wildman–Crippen LogP) is 5.47. The minimum absolute atomic E-state index is 0.161. The highest BCUT2D eigenvalue weighted by molar-refractivity contribution is 6.08. The van der Waals surface area contributed by atoms with Crippen LogP contribution in [0.15, 0.2) is 78.9 Å². The van der Waals surface area contributed by atoms with Crippen LogP contribution in [0.3, 0.4) is 0 Å². The highest BCUT2D eigenvalue weighted by Crippen LogP contribution is 2.22. The number of ether oxygens (including phenoxy) is 1. The molecule has 0 heterocycles. The lowest BCUT2D eigenvalue weighted by Crippen LogP contribution is -2.13. The molecule has 0 atom stereocenters. The standard InChI is InChI=1S/C22H22N2O2/c1-2-16-26-19-14-12-18(13-15-19)24-22(25)20-10-6-7-11-21(20)23-17-8-4-3-5-9-17/h3-15,23H,2,16H2,1H3,(H,24,25). The van der Waals surface area contributed by atoms with E-state index in [4.69, 9.17) is 4.74 Å². The van der Waals surface area contributed by atoms with E-state index in [2.05, 4.69) is 17.6 Å². The Morgan fingerprint density at radius 3 is 2.27 bits per heavy atom. The van der Waals surface area contributed by atoms with Gasteiger partial charge in [-0.05, 0) is 55.0 Å². The predicted molar refractivity (Wildman–Crippen MR) is 106 cm³/mol. The number of rotatable bonds is 7. The first kappa shape index (κ1) is 17.5. The van der Waals surface area contributed by atoms with E-state index in [0.29, 0.717) is 12.2 Å².